The van der Waals surface area contributed by atoms with Crippen molar-refractivity contribution in [2.75, 3.05) is 54.4 Å². The number of quaternary nitrogens is 2. The van der Waals surface area contributed by atoms with E-state index in [2.05, 4.69) is 28.2 Å². The molecule has 0 saturated carbocycles. The van der Waals surface area contributed by atoms with Crippen molar-refractivity contribution >= 4 is 0 Å². The standard InChI is InChI=1S/C16H34N2/c1-17(2)11-9-15(13-17)7-5-6-8-16-10-12-18(3,4)14-16/h15-16H,5-14H2,1-4H3/q+2. The van der Waals surface area contributed by atoms with Gasteiger partial charge in [-0.05, 0) is 12.8 Å². The summed E-state index contributed by atoms with van der Waals surface area (Å²) in [5.74, 6) is 2.05. The van der Waals surface area contributed by atoms with Gasteiger partial charge in [0.15, 0.2) is 0 Å². The molecule has 2 aliphatic heterocycles. The molecule has 0 radical (unpaired) electrons. The van der Waals surface area contributed by atoms with Gasteiger partial charge < -0.3 is 8.97 Å². The Hall–Kier alpha value is -0.0800. The lowest BCUT2D eigenvalue weighted by molar-refractivity contribution is -0.879. The fraction of sp³-hybridized carbons (Fsp3) is 1.00. The first-order valence-corrected chi connectivity index (χ1v) is 8.00. The molecule has 0 N–H and O–H groups in total. The normalized spacial score (nSPS) is 34.0. The molecule has 2 saturated heterocycles. The molecule has 0 spiro atoms. The Morgan fingerprint density at radius 1 is 0.722 bits per heavy atom. The van der Waals surface area contributed by atoms with E-state index in [0.717, 1.165) is 11.8 Å². The molecule has 2 heteroatoms. The van der Waals surface area contributed by atoms with E-state index in [0.29, 0.717) is 0 Å². The van der Waals surface area contributed by atoms with Gasteiger partial charge >= 0.3 is 0 Å². The minimum absolute atomic E-state index is 1.02. The number of rotatable bonds is 5. The molecular formula is C16H34N2+2. The Morgan fingerprint density at radius 2 is 1.11 bits per heavy atom. The third-order valence-electron chi connectivity index (χ3n) is 5.26. The Labute approximate surface area is 114 Å². The zero-order valence-electron chi connectivity index (χ0n) is 13.1. The highest BCUT2D eigenvalue weighted by Gasteiger charge is 2.31. The summed E-state index contributed by atoms with van der Waals surface area (Å²) in [5, 5.41) is 0. The second kappa shape index (κ2) is 5.50. The van der Waals surface area contributed by atoms with Gasteiger partial charge in [0.05, 0.1) is 54.4 Å². The van der Waals surface area contributed by atoms with E-state index in [9.17, 15) is 0 Å². The lowest BCUT2D eigenvalue weighted by atomic mass is 9.96. The van der Waals surface area contributed by atoms with Gasteiger partial charge in [0.1, 0.15) is 0 Å². The molecule has 2 atom stereocenters. The van der Waals surface area contributed by atoms with E-state index in [1.54, 1.807) is 0 Å². The second-order valence-corrected chi connectivity index (χ2v) is 8.28. The maximum atomic E-state index is 2.39. The minimum atomic E-state index is 1.02. The first-order valence-electron chi connectivity index (χ1n) is 8.00. The molecule has 0 amide bonds. The molecular weight excluding hydrogens is 220 g/mol. The molecule has 106 valence electrons. The molecule has 2 unspecified atom stereocenters. The number of unbranched alkanes of at least 4 members (excludes halogenated alkanes) is 1. The van der Waals surface area contributed by atoms with Crippen LogP contribution in [-0.4, -0.2) is 63.3 Å². The lowest BCUT2D eigenvalue weighted by Crippen LogP contribution is -2.36. The summed E-state index contributed by atoms with van der Waals surface area (Å²) in [6.45, 7) is 5.65. The van der Waals surface area contributed by atoms with Gasteiger partial charge in [0.2, 0.25) is 0 Å². The highest BCUT2D eigenvalue weighted by molar-refractivity contribution is 4.68. The summed E-state index contributed by atoms with van der Waals surface area (Å²) < 4.78 is 2.53. The number of nitrogens with zero attached hydrogens (tertiary/aromatic N) is 2. The zero-order chi connectivity index (χ0) is 13.2. The van der Waals surface area contributed by atoms with Crippen molar-refractivity contribution in [3.63, 3.8) is 0 Å². The molecule has 2 aliphatic rings. The van der Waals surface area contributed by atoms with Crippen LogP contribution < -0.4 is 0 Å². The molecule has 2 rings (SSSR count). The van der Waals surface area contributed by atoms with Crippen molar-refractivity contribution in [2.24, 2.45) is 11.8 Å². The van der Waals surface area contributed by atoms with Crippen LogP contribution in [0.1, 0.15) is 38.5 Å². The van der Waals surface area contributed by atoms with Crippen molar-refractivity contribution in [2.45, 2.75) is 38.5 Å². The van der Waals surface area contributed by atoms with Crippen LogP contribution in [0.4, 0.5) is 0 Å². The molecule has 0 aliphatic carbocycles. The van der Waals surface area contributed by atoms with Gasteiger partial charge in [-0.25, -0.2) is 0 Å². The van der Waals surface area contributed by atoms with E-state index in [1.807, 2.05) is 0 Å². The van der Waals surface area contributed by atoms with Crippen molar-refractivity contribution in [3.8, 4) is 0 Å². The van der Waals surface area contributed by atoms with Gasteiger partial charge in [-0.1, -0.05) is 12.8 Å². The minimum Gasteiger partial charge on any atom is -0.328 e. The molecule has 0 aromatic heterocycles. The topological polar surface area (TPSA) is 0 Å². The largest absolute Gasteiger partial charge is 0.328 e. The van der Waals surface area contributed by atoms with Crippen LogP contribution in [0.15, 0.2) is 0 Å². The van der Waals surface area contributed by atoms with Gasteiger partial charge in [-0.3, -0.25) is 0 Å². The Balaban J connectivity index is 1.55. The lowest BCUT2D eigenvalue weighted by Gasteiger charge is -2.23. The highest BCUT2D eigenvalue weighted by Crippen LogP contribution is 2.28. The molecule has 2 fully saturated rings. The number of hydrogen-bond donors (Lipinski definition) is 0. The molecule has 0 aromatic rings. The Kier molecular flexibility index (Phi) is 4.38. The predicted octanol–water partition coefficient (Wildman–Crippen LogP) is 2.74. The van der Waals surface area contributed by atoms with Crippen LogP contribution in [0.3, 0.4) is 0 Å². The summed E-state index contributed by atoms with van der Waals surface area (Å²) in [4.78, 5) is 0. The maximum absolute atomic E-state index is 2.39. The van der Waals surface area contributed by atoms with E-state index < -0.39 is 0 Å². The van der Waals surface area contributed by atoms with Crippen LogP contribution in [0.25, 0.3) is 0 Å². The van der Waals surface area contributed by atoms with Crippen molar-refractivity contribution in [1.82, 2.24) is 0 Å². The van der Waals surface area contributed by atoms with E-state index in [-0.39, 0.29) is 0 Å². The fourth-order valence-corrected chi connectivity index (χ4v) is 4.16. The monoisotopic (exact) mass is 254 g/mol. The van der Waals surface area contributed by atoms with Crippen LogP contribution in [0.5, 0.6) is 0 Å². The van der Waals surface area contributed by atoms with Crippen molar-refractivity contribution < 1.29 is 8.97 Å². The first-order chi connectivity index (χ1) is 8.36. The van der Waals surface area contributed by atoms with E-state index in [4.69, 9.17) is 0 Å². The maximum Gasteiger partial charge on any atom is 0.0813 e. The summed E-state index contributed by atoms with van der Waals surface area (Å²) in [5.41, 5.74) is 0. The van der Waals surface area contributed by atoms with Crippen LogP contribution in [0, 0.1) is 11.8 Å². The van der Waals surface area contributed by atoms with E-state index in [1.165, 1.54) is 73.7 Å². The summed E-state index contributed by atoms with van der Waals surface area (Å²) in [7, 11) is 9.55. The van der Waals surface area contributed by atoms with Crippen LogP contribution >= 0.6 is 0 Å². The van der Waals surface area contributed by atoms with E-state index >= 15 is 0 Å². The molecule has 0 bridgehead atoms. The average Bonchev–Trinajstić information content (AvgIpc) is 2.76. The van der Waals surface area contributed by atoms with Crippen molar-refractivity contribution in [1.29, 1.82) is 0 Å². The van der Waals surface area contributed by atoms with Crippen LogP contribution in [-0.2, 0) is 0 Å². The molecule has 2 heterocycles. The zero-order valence-corrected chi connectivity index (χ0v) is 13.1. The molecule has 0 aromatic carbocycles. The SMILES string of the molecule is C[N+]1(C)CCC(CCCCC2CC[N+](C)(C)C2)C1. The highest BCUT2D eigenvalue weighted by atomic mass is 15.3. The average molecular weight is 254 g/mol. The second-order valence-electron chi connectivity index (χ2n) is 8.28. The predicted molar refractivity (Wildman–Crippen MR) is 78.4 cm³/mol. The third kappa shape index (κ3) is 4.24. The molecule has 18 heavy (non-hydrogen) atoms. The quantitative estimate of drug-likeness (QED) is 0.523. The van der Waals surface area contributed by atoms with Gasteiger partial charge in [0.25, 0.3) is 0 Å². The molecule has 2 nitrogen and oxygen atoms in total. The number of likely N-dealkylation sites (tertiary alicyclic amines) is 2. The third-order valence-corrected chi connectivity index (χ3v) is 5.26. The Morgan fingerprint density at radius 3 is 1.39 bits per heavy atom. The van der Waals surface area contributed by atoms with Crippen LogP contribution in [0.2, 0.25) is 0 Å². The first kappa shape index (κ1) is 14.3. The summed E-state index contributed by atoms with van der Waals surface area (Å²) in [6.07, 6.45) is 8.89. The van der Waals surface area contributed by atoms with Gasteiger partial charge in [0, 0.05) is 24.7 Å². The summed E-state index contributed by atoms with van der Waals surface area (Å²) in [6, 6.07) is 0. The summed E-state index contributed by atoms with van der Waals surface area (Å²) >= 11 is 0. The fourth-order valence-electron chi connectivity index (χ4n) is 4.16. The van der Waals surface area contributed by atoms with Crippen molar-refractivity contribution in [3.05, 3.63) is 0 Å². The van der Waals surface area contributed by atoms with Gasteiger partial charge in [-0.15, -0.1) is 0 Å². The van der Waals surface area contributed by atoms with Gasteiger partial charge in [-0.2, -0.15) is 0 Å². The smallest absolute Gasteiger partial charge is 0.0813 e. The Bertz CT molecular complexity index is 242. The number of hydrogen-bond acceptors (Lipinski definition) is 0.